The zero-order valence-electron chi connectivity index (χ0n) is 21.7. The fourth-order valence-corrected chi connectivity index (χ4v) is 5.12. The SMILES string of the molecule is CCc1ccccc1Nc1nc(N)c2ncn([C@@H]3O[C@H](COS(=O)(=O)NC(=O)c4ccccc4N)[C@@H](O)[C@H]3O)c2n1. The Labute approximate surface area is 234 Å². The number of carbonyl (C=O) groups excluding carboxylic acids is 1. The second-order valence-electron chi connectivity index (χ2n) is 9.20. The second kappa shape index (κ2) is 11.3. The van der Waals surface area contributed by atoms with E-state index in [9.17, 15) is 23.4 Å². The van der Waals surface area contributed by atoms with Gasteiger partial charge in [0, 0.05) is 11.4 Å². The average Bonchev–Trinajstić information content (AvgIpc) is 3.48. The Kier molecular flexibility index (Phi) is 7.74. The third-order valence-corrected chi connectivity index (χ3v) is 7.40. The highest BCUT2D eigenvalue weighted by molar-refractivity contribution is 7.85. The number of aliphatic hydroxyl groups excluding tert-OH is 2. The molecular weight excluding hydrogens is 556 g/mol. The van der Waals surface area contributed by atoms with E-state index in [0.717, 1.165) is 17.7 Å². The van der Waals surface area contributed by atoms with E-state index in [1.165, 1.54) is 29.1 Å². The maximum absolute atomic E-state index is 12.4. The summed E-state index contributed by atoms with van der Waals surface area (Å²) in [7, 11) is -4.62. The molecule has 4 atom stereocenters. The van der Waals surface area contributed by atoms with Gasteiger partial charge < -0.3 is 31.7 Å². The number of fused-ring (bicyclic) bond motifs is 1. The highest BCUT2D eigenvalue weighted by atomic mass is 32.2. The molecule has 1 amide bonds. The molecule has 0 unspecified atom stereocenters. The number of hydrogen-bond donors (Lipinski definition) is 6. The predicted octanol–water partition coefficient (Wildman–Crippen LogP) is 0.607. The number of carbonyl (C=O) groups is 1. The standard InChI is InChI=1S/C25H28N8O7S/c1-2-13-7-3-6-10-16(13)29-25-30-21(27)18-22(31-25)33(12-28-18)24-20(35)19(34)17(40-24)11-39-41(37,38)32-23(36)14-8-4-5-9-15(14)26/h3-10,12,17,19-20,24,34-35H,2,11,26H2,1H3,(H,32,36)(H3,27,29,30,31)/t17-,19-,20-,24-/m1/s1. The van der Waals surface area contributed by atoms with Crippen molar-refractivity contribution in [3.63, 3.8) is 0 Å². The number of nitrogens with one attached hydrogen (secondary N) is 2. The first-order valence-electron chi connectivity index (χ1n) is 12.5. The first-order chi connectivity index (χ1) is 19.6. The van der Waals surface area contributed by atoms with Crippen molar-refractivity contribution in [2.24, 2.45) is 0 Å². The number of nitrogens with two attached hydrogens (primary N) is 2. The molecule has 2 aromatic heterocycles. The number of aliphatic hydroxyl groups is 2. The van der Waals surface area contributed by atoms with Gasteiger partial charge in [-0.15, -0.1) is 0 Å². The van der Waals surface area contributed by atoms with Gasteiger partial charge in [-0.05, 0) is 30.2 Å². The maximum Gasteiger partial charge on any atom is 0.362 e. The molecule has 0 saturated carbocycles. The van der Waals surface area contributed by atoms with Gasteiger partial charge in [-0.3, -0.25) is 13.5 Å². The number of nitrogen functional groups attached to an aromatic ring is 2. The number of ether oxygens (including phenoxy) is 1. The third-order valence-electron chi connectivity index (χ3n) is 6.52. The van der Waals surface area contributed by atoms with Gasteiger partial charge in [0.2, 0.25) is 5.95 Å². The summed E-state index contributed by atoms with van der Waals surface area (Å²) in [6.45, 7) is 1.29. The van der Waals surface area contributed by atoms with Crippen LogP contribution in [0.3, 0.4) is 0 Å². The fraction of sp³-hybridized carbons (Fsp3) is 0.280. The number of para-hydroxylation sites is 2. The number of imidazole rings is 1. The first-order valence-corrected chi connectivity index (χ1v) is 13.9. The molecule has 41 heavy (non-hydrogen) atoms. The van der Waals surface area contributed by atoms with Crippen LogP contribution in [0, 0.1) is 0 Å². The Morgan fingerprint density at radius 3 is 2.59 bits per heavy atom. The lowest BCUT2D eigenvalue weighted by atomic mass is 10.1. The van der Waals surface area contributed by atoms with Crippen molar-refractivity contribution in [1.82, 2.24) is 24.2 Å². The molecule has 1 aliphatic rings. The summed E-state index contributed by atoms with van der Waals surface area (Å²) < 4.78 is 38.5. The molecule has 1 fully saturated rings. The fourth-order valence-electron chi connectivity index (χ4n) is 4.41. The van der Waals surface area contributed by atoms with E-state index in [1.807, 2.05) is 31.2 Å². The number of nitrogens with zero attached hydrogens (tertiary/aromatic N) is 4. The van der Waals surface area contributed by atoms with Crippen molar-refractivity contribution in [3.8, 4) is 0 Å². The molecular formula is C25H28N8O7S. The smallest absolute Gasteiger partial charge is 0.362 e. The molecule has 15 nitrogen and oxygen atoms in total. The van der Waals surface area contributed by atoms with E-state index < -0.39 is 47.4 Å². The molecule has 4 aromatic rings. The van der Waals surface area contributed by atoms with E-state index in [2.05, 4.69) is 20.3 Å². The molecule has 0 spiro atoms. The summed E-state index contributed by atoms with van der Waals surface area (Å²) >= 11 is 0. The summed E-state index contributed by atoms with van der Waals surface area (Å²) in [6, 6.07) is 13.5. The molecule has 1 aliphatic heterocycles. The van der Waals surface area contributed by atoms with Gasteiger partial charge in [0.15, 0.2) is 17.7 Å². The van der Waals surface area contributed by atoms with Crippen molar-refractivity contribution >= 4 is 50.5 Å². The summed E-state index contributed by atoms with van der Waals surface area (Å²) in [5.74, 6) is -0.757. The van der Waals surface area contributed by atoms with Crippen LogP contribution in [0.25, 0.3) is 11.2 Å². The zero-order valence-corrected chi connectivity index (χ0v) is 22.5. The van der Waals surface area contributed by atoms with Gasteiger partial charge in [-0.25, -0.2) is 9.71 Å². The molecule has 8 N–H and O–H groups in total. The number of benzene rings is 2. The highest BCUT2D eigenvalue weighted by Gasteiger charge is 2.45. The molecule has 216 valence electrons. The second-order valence-corrected chi connectivity index (χ2v) is 10.5. The summed E-state index contributed by atoms with van der Waals surface area (Å²) in [6.07, 6.45) is -3.52. The number of aryl methyl sites for hydroxylation is 1. The van der Waals surface area contributed by atoms with Gasteiger partial charge in [0.25, 0.3) is 5.91 Å². The minimum Gasteiger partial charge on any atom is -0.398 e. The van der Waals surface area contributed by atoms with Crippen LogP contribution in [0.4, 0.5) is 23.1 Å². The van der Waals surface area contributed by atoms with E-state index in [1.54, 1.807) is 10.8 Å². The van der Waals surface area contributed by atoms with Gasteiger partial charge >= 0.3 is 10.3 Å². The van der Waals surface area contributed by atoms with Crippen LogP contribution in [0.5, 0.6) is 0 Å². The van der Waals surface area contributed by atoms with Gasteiger partial charge in [-0.1, -0.05) is 37.3 Å². The first kappa shape index (κ1) is 28.2. The molecule has 5 rings (SSSR count). The van der Waals surface area contributed by atoms with Crippen molar-refractivity contribution in [3.05, 3.63) is 66.0 Å². The Bertz CT molecular complexity index is 1700. The van der Waals surface area contributed by atoms with Crippen molar-refractivity contribution in [1.29, 1.82) is 0 Å². The summed E-state index contributed by atoms with van der Waals surface area (Å²) in [5, 5.41) is 24.5. The lowest BCUT2D eigenvalue weighted by Gasteiger charge is -2.17. The maximum atomic E-state index is 12.4. The molecule has 0 aliphatic carbocycles. The van der Waals surface area contributed by atoms with E-state index in [-0.39, 0.29) is 34.2 Å². The zero-order chi connectivity index (χ0) is 29.3. The normalized spacial score (nSPS) is 20.8. The topological polar surface area (TPSA) is 230 Å². The van der Waals surface area contributed by atoms with Gasteiger partial charge in [-0.2, -0.15) is 18.4 Å². The van der Waals surface area contributed by atoms with Crippen LogP contribution in [0.15, 0.2) is 54.9 Å². The molecule has 2 aromatic carbocycles. The van der Waals surface area contributed by atoms with Crippen LogP contribution in [0.1, 0.15) is 29.1 Å². The largest absolute Gasteiger partial charge is 0.398 e. The molecule has 1 saturated heterocycles. The number of amides is 1. The van der Waals surface area contributed by atoms with Crippen molar-refractivity contribution in [2.75, 3.05) is 23.4 Å². The van der Waals surface area contributed by atoms with Crippen LogP contribution < -0.4 is 21.5 Å². The predicted molar refractivity (Wildman–Crippen MR) is 148 cm³/mol. The number of aromatic nitrogens is 4. The van der Waals surface area contributed by atoms with Gasteiger partial charge in [0.1, 0.15) is 23.8 Å². The van der Waals surface area contributed by atoms with E-state index in [4.69, 9.17) is 20.4 Å². The monoisotopic (exact) mass is 584 g/mol. The van der Waals surface area contributed by atoms with Crippen molar-refractivity contribution < 1.29 is 32.3 Å². The Hall–Kier alpha value is -4.35. The molecule has 0 bridgehead atoms. The number of rotatable bonds is 9. The molecule has 3 heterocycles. The quantitative estimate of drug-likeness (QED) is 0.148. The number of hydrogen-bond acceptors (Lipinski definition) is 13. The lowest BCUT2D eigenvalue weighted by Crippen LogP contribution is -2.38. The minimum absolute atomic E-state index is 0.0624. The third kappa shape index (κ3) is 5.77. The van der Waals surface area contributed by atoms with Crippen LogP contribution in [0.2, 0.25) is 0 Å². The van der Waals surface area contributed by atoms with Crippen LogP contribution in [-0.4, -0.2) is 69.0 Å². The van der Waals surface area contributed by atoms with Crippen molar-refractivity contribution in [2.45, 2.75) is 37.9 Å². The lowest BCUT2D eigenvalue weighted by molar-refractivity contribution is -0.0468. The minimum atomic E-state index is -4.62. The number of anilines is 4. The summed E-state index contributed by atoms with van der Waals surface area (Å²) in [5.41, 5.74) is 14.1. The molecule has 16 heteroatoms. The highest BCUT2D eigenvalue weighted by Crippen LogP contribution is 2.33. The van der Waals surface area contributed by atoms with E-state index >= 15 is 0 Å². The van der Waals surface area contributed by atoms with Crippen LogP contribution in [-0.2, 0) is 25.6 Å². The molecule has 0 radical (unpaired) electrons. The van der Waals surface area contributed by atoms with Crippen LogP contribution >= 0.6 is 0 Å². The average molecular weight is 585 g/mol. The van der Waals surface area contributed by atoms with E-state index in [0.29, 0.717) is 0 Å². The Morgan fingerprint density at radius 1 is 1.10 bits per heavy atom. The Balaban J connectivity index is 1.32. The summed E-state index contributed by atoms with van der Waals surface area (Å²) in [4.78, 5) is 25.3. The Morgan fingerprint density at radius 2 is 1.83 bits per heavy atom. The van der Waals surface area contributed by atoms with Gasteiger partial charge in [0.05, 0.1) is 18.5 Å².